The highest BCUT2D eigenvalue weighted by molar-refractivity contribution is 7.26. The first kappa shape index (κ1) is 38.1. The van der Waals surface area contributed by atoms with Gasteiger partial charge in [-0.05, 0) is 111 Å². The maximum absolute atomic E-state index is 7.10. The van der Waals surface area contributed by atoms with E-state index in [1.54, 1.807) is 0 Å². The van der Waals surface area contributed by atoms with Crippen LogP contribution in [0, 0.1) is 0 Å². The molecule has 0 fully saturated rings. The number of hydrogen-bond acceptors (Lipinski definition) is 4. The highest BCUT2D eigenvalue weighted by Crippen LogP contribution is 2.52. The summed E-state index contributed by atoms with van der Waals surface area (Å²) in [5, 5.41) is 6.90. The highest BCUT2D eigenvalue weighted by atomic mass is 32.1. The lowest BCUT2D eigenvalue weighted by molar-refractivity contribution is 0.660. The van der Waals surface area contributed by atoms with Crippen molar-refractivity contribution >= 4 is 92.4 Å². The Kier molecular flexibility index (Phi) is 8.20. The van der Waals surface area contributed by atoms with E-state index in [4.69, 9.17) is 8.83 Å². The second-order valence-corrected chi connectivity index (χ2v) is 19.4. The molecule has 0 N–H and O–H groups in total. The second-order valence-electron chi connectivity index (χ2n) is 18.4. The number of rotatable bonds is 6. The largest absolute Gasteiger partial charge is 0.456 e. The van der Waals surface area contributed by atoms with Crippen LogP contribution in [0.25, 0.3) is 109 Å². The van der Waals surface area contributed by atoms with Gasteiger partial charge in [0.1, 0.15) is 22.3 Å². The molecule has 3 nitrogen and oxygen atoms in total. The lowest BCUT2D eigenvalue weighted by Crippen LogP contribution is -2.16. The second kappa shape index (κ2) is 14.4. The van der Waals surface area contributed by atoms with E-state index in [0.29, 0.717) is 0 Å². The fourth-order valence-corrected chi connectivity index (χ4v) is 12.3. The molecule has 1 aliphatic rings. The molecule has 10 aromatic carbocycles. The first-order chi connectivity index (χ1) is 33.0. The molecule has 316 valence electrons. The Hall–Kier alpha value is -8.18. The first-order valence-electron chi connectivity index (χ1n) is 23.0. The third-order valence-electron chi connectivity index (χ3n) is 14.3. The van der Waals surface area contributed by atoms with Gasteiger partial charge in [0.05, 0.1) is 0 Å². The maximum Gasteiger partial charge on any atom is 0.143 e. The van der Waals surface area contributed by atoms with E-state index in [-0.39, 0.29) is 5.41 Å². The van der Waals surface area contributed by atoms with Crippen LogP contribution in [0.4, 0.5) is 17.1 Å². The molecule has 0 radical (unpaired) electrons. The van der Waals surface area contributed by atoms with E-state index >= 15 is 0 Å². The number of thiophene rings is 1. The van der Waals surface area contributed by atoms with Gasteiger partial charge >= 0.3 is 0 Å². The van der Waals surface area contributed by atoms with Crippen LogP contribution in [0.15, 0.2) is 221 Å². The average molecular weight is 876 g/mol. The molecule has 0 saturated carbocycles. The van der Waals surface area contributed by atoms with Crippen molar-refractivity contribution in [3.05, 3.63) is 223 Å². The quantitative estimate of drug-likeness (QED) is 0.167. The van der Waals surface area contributed by atoms with E-state index in [9.17, 15) is 0 Å². The molecule has 14 rings (SSSR count). The zero-order valence-electron chi connectivity index (χ0n) is 36.9. The van der Waals surface area contributed by atoms with Crippen LogP contribution in [-0.4, -0.2) is 0 Å². The summed E-state index contributed by atoms with van der Waals surface area (Å²) in [7, 11) is 0. The van der Waals surface area contributed by atoms with Crippen LogP contribution in [0.1, 0.15) is 25.0 Å². The van der Waals surface area contributed by atoms with E-state index in [1.165, 1.54) is 59.1 Å². The molecule has 13 aromatic rings. The molecule has 1 aliphatic carbocycles. The molecule has 0 bridgehead atoms. The molecule has 4 heteroatoms. The summed E-state index contributed by atoms with van der Waals surface area (Å²) in [5.41, 5.74) is 18.8. The summed E-state index contributed by atoms with van der Waals surface area (Å²) < 4.78 is 16.2. The van der Waals surface area contributed by atoms with Crippen LogP contribution in [0.2, 0.25) is 0 Å². The molecule has 3 aromatic heterocycles. The number of furan rings is 2. The summed E-state index contributed by atoms with van der Waals surface area (Å²) in [6, 6.07) is 76.9. The predicted molar refractivity (Wildman–Crippen MR) is 282 cm³/mol. The van der Waals surface area contributed by atoms with Crippen molar-refractivity contribution in [1.82, 2.24) is 0 Å². The topological polar surface area (TPSA) is 29.5 Å². The van der Waals surface area contributed by atoms with E-state index in [1.807, 2.05) is 17.4 Å². The Morgan fingerprint density at radius 2 is 0.970 bits per heavy atom. The minimum Gasteiger partial charge on any atom is -0.456 e. The number of nitrogens with zero attached hydrogens (tertiary/aromatic N) is 1. The van der Waals surface area contributed by atoms with Crippen LogP contribution in [0.5, 0.6) is 0 Å². The Morgan fingerprint density at radius 3 is 1.79 bits per heavy atom. The summed E-state index contributed by atoms with van der Waals surface area (Å²) in [6.07, 6.45) is 0. The lowest BCUT2D eigenvalue weighted by atomic mass is 9.82. The fraction of sp³-hybridized carbons (Fsp3) is 0.0476. The number of hydrogen-bond donors (Lipinski definition) is 0. The molecule has 0 atom stereocenters. The minimum absolute atomic E-state index is 0.129. The van der Waals surface area contributed by atoms with E-state index in [0.717, 1.165) is 77.6 Å². The Bertz CT molecular complexity index is 4110. The monoisotopic (exact) mass is 875 g/mol. The van der Waals surface area contributed by atoms with Gasteiger partial charge in [-0.15, -0.1) is 11.3 Å². The van der Waals surface area contributed by atoms with Gasteiger partial charge in [-0.2, -0.15) is 0 Å². The fourth-order valence-electron chi connectivity index (χ4n) is 11.1. The number of fused-ring (bicyclic) bond motifs is 13. The molecule has 0 spiro atoms. The summed E-state index contributed by atoms with van der Waals surface area (Å²) in [5.74, 6) is 0. The Labute approximate surface area is 391 Å². The standard InChI is InChI=1S/C63H41NO2S/c1-63(2)52-20-9-6-15-45(52)46-32-31-43(37-53(46)63)64(41-27-23-39(24-28-41)38-13-4-3-5-14-38)42-29-25-40(26-30-42)44-33-34-48(50-19-12-18-49-47-16-8-11-22-57(47)67-62(49)50)59-60-56(66-61(44)59)36-35-55-58(60)51-17-7-10-21-54(51)65-55/h3-37H,1-2H3. The van der Waals surface area contributed by atoms with Crippen molar-refractivity contribution in [1.29, 1.82) is 0 Å². The van der Waals surface area contributed by atoms with Crippen LogP contribution < -0.4 is 4.90 Å². The molecule has 0 aliphatic heterocycles. The Morgan fingerprint density at radius 1 is 0.373 bits per heavy atom. The van der Waals surface area contributed by atoms with Gasteiger partial charge in [-0.25, -0.2) is 0 Å². The third kappa shape index (κ3) is 5.70. The minimum atomic E-state index is -0.129. The van der Waals surface area contributed by atoms with Gasteiger partial charge in [-0.3, -0.25) is 0 Å². The summed E-state index contributed by atoms with van der Waals surface area (Å²) in [4.78, 5) is 2.39. The van der Waals surface area contributed by atoms with Gasteiger partial charge in [0.15, 0.2) is 0 Å². The van der Waals surface area contributed by atoms with Gasteiger partial charge in [0, 0.05) is 75.3 Å². The SMILES string of the molecule is CC1(C)c2ccccc2-c2ccc(N(c3ccc(-c4ccccc4)cc3)c3ccc(-c4ccc(-c5cccc6c5sc5ccccc56)c5c4oc4ccc6oc7ccccc7c6c45)cc3)cc21. The number of para-hydroxylation sites is 1. The van der Waals surface area contributed by atoms with Crippen LogP contribution in [-0.2, 0) is 5.41 Å². The van der Waals surface area contributed by atoms with Crippen molar-refractivity contribution in [3.8, 4) is 44.5 Å². The van der Waals surface area contributed by atoms with E-state index in [2.05, 4.69) is 225 Å². The van der Waals surface area contributed by atoms with Crippen molar-refractivity contribution in [2.45, 2.75) is 19.3 Å². The molecular formula is C63H41NO2S. The van der Waals surface area contributed by atoms with Crippen LogP contribution in [0.3, 0.4) is 0 Å². The van der Waals surface area contributed by atoms with Gasteiger partial charge in [0.2, 0.25) is 0 Å². The molecule has 0 amide bonds. The molecule has 0 saturated heterocycles. The smallest absolute Gasteiger partial charge is 0.143 e. The number of benzene rings is 10. The van der Waals surface area contributed by atoms with Crippen LogP contribution >= 0.6 is 11.3 Å². The van der Waals surface area contributed by atoms with E-state index < -0.39 is 0 Å². The molecule has 3 heterocycles. The highest BCUT2D eigenvalue weighted by Gasteiger charge is 2.36. The van der Waals surface area contributed by atoms with Crippen molar-refractivity contribution < 1.29 is 8.83 Å². The van der Waals surface area contributed by atoms with Gasteiger partial charge < -0.3 is 13.7 Å². The third-order valence-corrected chi connectivity index (χ3v) is 15.5. The van der Waals surface area contributed by atoms with Crippen molar-refractivity contribution in [2.75, 3.05) is 4.90 Å². The predicted octanol–water partition coefficient (Wildman–Crippen LogP) is 18.6. The van der Waals surface area contributed by atoms with Gasteiger partial charge in [0.25, 0.3) is 0 Å². The zero-order valence-corrected chi connectivity index (χ0v) is 37.7. The number of anilines is 3. The lowest BCUT2D eigenvalue weighted by Gasteiger charge is -2.28. The maximum atomic E-state index is 7.10. The molecule has 67 heavy (non-hydrogen) atoms. The molecule has 0 unspecified atom stereocenters. The zero-order chi connectivity index (χ0) is 44.4. The Balaban J connectivity index is 0.954. The van der Waals surface area contributed by atoms with Gasteiger partial charge in [-0.1, -0.05) is 159 Å². The first-order valence-corrected chi connectivity index (χ1v) is 23.8. The summed E-state index contributed by atoms with van der Waals surface area (Å²) >= 11 is 1.86. The normalized spacial score (nSPS) is 13.0. The molecular weight excluding hydrogens is 835 g/mol. The van der Waals surface area contributed by atoms with Crippen molar-refractivity contribution in [3.63, 3.8) is 0 Å². The average Bonchev–Trinajstić information content (AvgIpc) is 4.13. The van der Waals surface area contributed by atoms with Crippen molar-refractivity contribution in [2.24, 2.45) is 0 Å². The summed E-state index contributed by atoms with van der Waals surface area (Å²) in [6.45, 7) is 4.70.